The van der Waals surface area contributed by atoms with E-state index in [0.29, 0.717) is 30.8 Å². The fraction of sp³-hybridized carbons (Fsp3) is 0.542. The average Bonchev–Trinajstić information content (AvgIpc) is 3.25. The number of ether oxygens (including phenoxy) is 1. The van der Waals surface area contributed by atoms with Gasteiger partial charge in [0.2, 0.25) is 11.8 Å². The molecule has 2 aliphatic heterocycles. The van der Waals surface area contributed by atoms with Crippen LogP contribution in [0.1, 0.15) is 62.2 Å². The van der Waals surface area contributed by atoms with Crippen LogP contribution in [0.4, 0.5) is 5.69 Å². The highest BCUT2D eigenvalue weighted by molar-refractivity contribution is 6.33. The molecule has 0 radical (unpaired) electrons. The normalized spacial score (nSPS) is 23.4. The van der Waals surface area contributed by atoms with Gasteiger partial charge >= 0.3 is 0 Å². The SMILES string of the molecule is CC(NC(=O)c1ccc(N)c(Cl)c1)C(=O)N1CCCC1C(=O)NC1CCC(=C2CCC2)OC1. The van der Waals surface area contributed by atoms with Crippen molar-refractivity contribution >= 4 is 35.0 Å². The van der Waals surface area contributed by atoms with Crippen molar-refractivity contribution < 1.29 is 19.1 Å². The van der Waals surface area contributed by atoms with Crippen molar-refractivity contribution in [1.29, 1.82) is 0 Å². The second-order valence-electron chi connectivity index (χ2n) is 9.06. The molecule has 33 heavy (non-hydrogen) atoms. The zero-order valence-electron chi connectivity index (χ0n) is 18.9. The highest BCUT2D eigenvalue weighted by atomic mass is 35.5. The van der Waals surface area contributed by atoms with Crippen molar-refractivity contribution in [2.45, 2.75) is 70.0 Å². The molecule has 3 atom stereocenters. The predicted molar refractivity (Wildman–Crippen MR) is 126 cm³/mol. The first kappa shape index (κ1) is 23.4. The summed E-state index contributed by atoms with van der Waals surface area (Å²) in [5.74, 6) is 0.252. The molecule has 3 fully saturated rings. The highest BCUT2D eigenvalue weighted by Gasteiger charge is 2.37. The van der Waals surface area contributed by atoms with Crippen LogP contribution in [0.3, 0.4) is 0 Å². The Morgan fingerprint density at radius 2 is 1.97 bits per heavy atom. The maximum Gasteiger partial charge on any atom is 0.251 e. The average molecular weight is 475 g/mol. The number of likely N-dealkylation sites (tertiary alicyclic amines) is 1. The van der Waals surface area contributed by atoms with Gasteiger partial charge in [0.1, 0.15) is 18.7 Å². The number of hydrogen-bond acceptors (Lipinski definition) is 5. The fourth-order valence-corrected chi connectivity index (χ4v) is 4.73. The number of amides is 3. The molecule has 1 saturated carbocycles. The quantitative estimate of drug-likeness (QED) is 0.568. The zero-order chi connectivity index (χ0) is 23.5. The van der Waals surface area contributed by atoms with E-state index in [1.54, 1.807) is 24.0 Å². The van der Waals surface area contributed by atoms with Crippen LogP contribution in [0.25, 0.3) is 0 Å². The van der Waals surface area contributed by atoms with Gasteiger partial charge < -0.3 is 26.0 Å². The Hall–Kier alpha value is -2.74. The van der Waals surface area contributed by atoms with E-state index in [9.17, 15) is 14.4 Å². The van der Waals surface area contributed by atoms with Gasteiger partial charge in [-0.25, -0.2) is 0 Å². The van der Waals surface area contributed by atoms with Crippen LogP contribution < -0.4 is 16.4 Å². The Morgan fingerprint density at radius 1 is 1.18 bits per heavy atom. The third-order valence-electron chi connectivity index (χ3n) is 6.70. The lowest BCUT2D eigenvalue weighted by Gasteiger charge is -2.32. The second-order valence-corrected chi connectivity index (χ2v) is 9.46. The first-order valence-corrected chi connectivity index (χ1v) is 12.0. The molecule has 0 bridgehead atoms. The number of nitrogens with two attached hydrogens (primary N) is 1. The molecule has 1 aliphatic carbocycles. The molecule has 0 spiro atoms. The van der Waals surface area contributed by atoms with Crippen molar-refractivity contribution in [2.24, 2.45) is 0 Å². The number of hydrogen-bond donors (Lipinski definition) is 3. The van der Waals surface area contributed by atoms with Gasteiger partial charge in [0.05, 0.1) is 22.5 Å². The van der Waals surface area contributed by atoms with Crippen molar-refractivity contribution in [2.75, 3.05) is 18.9 Å². The van der Waals surface area contributed by atoms with Crippen molar-refractivity contribution in [3.63, 3.8) is 0 Å². The van der Waals surface area contributed by atoms with Gasteiger partial charge in [0.15, 0.2) is 0 Å². The number of anilines is 1. The third kappa shape index (κ3) is 5.27. The van der Waals surface area contributed by atoms with Gasteiger partial charge in [-0.05, 0) is 69.2 Å². The van der Waals surface area contributed by atoms with Gasteiger partial charge in [-0.15, -0.1) is 0 Å². The van der Waals surface area contributed by atoms with Crippen molar-refractivity contribution in [3.05, 3.63) is 40.1 Å². The number of carbonyl (C=O) groups is 3. The Labute approximate surface area is 198 Å². The summed E-state index contributed by atoms with van der Waals surface area (Å²) in [6, 6.07) is 3.20. The van der Waals surface area contributed by atoms with E-state index in [4.69, 9.17) is 22.1 Å². The van der Waals surface area contributed by atoms with Crippen LogP contribution >= 0.6 is 11.6 Å². The van der Waals surface area contributed by atoms with Crippen molar-refractivity contribution in [1.82, 2.24) is 15.5 Å². The Bertz CT molecular complexity index is 963. The minimum absolute atomic E-state index is 0.0492. The molecule has 8 nitrogen and oxygen atoms in total. The maximum absolute atomic E-state index is 13.1. The topological polar surface area (TPSA) is 114 Å². The summed E-state index contributed by atoms with van der Waals surface area (Å²) in [4.78, 5) is 40.1. The molecule has 0 aromatic heterocycles. The largest absolute Gasteiger partial charge is 0.496 e. The summed E-state index contributed by atoms with van der Waals surface area (Å²) in [5, 5.41) is 6.04. The lowest BCUT2D eigenvalue weighted by atomic mass is 9.89. The van der Waals surface area contributed by atoms with E-state index >= 15 is 0 Å². The van der Waals surface area contributed by atoms with E-state index in [2.05, 4.69) is 10.6 Å². The van der Waals surface area contributed by atoms with Gasteiger partial charge in [-0.2, -0.15) is 0 Å². The maximum atomic E-state index is 13.1. The number of halogens is 1. The van der Waals surface area contributed by atoms with Crippen molar-refractivity contribution in [3.8, 4) is 0 Å². The molecule has 1 aromatic carbocycles. The molecule has 4 rings (SSSR count). The van der Waals surface area contributed by atoms with Crippen LogP contribution in [0.2, 0.25) is 5.02 Å². The molecule has 2 saturated heterocycles. The number of allylic oxidation sites excluding steroid dienone is 2. The molecule has 3 aliphatic rings. The van der Waals surface area contributed by atoms with E-state index in [1.807, 2.05) is 0 Å². The Balaban J connectivity index is 1.31. The Kier molecular flexibility index (Phi) is 7.12. The van der Waals surface area contributed by atoms with E-state index in [-0.39, 0.29) is 22.9 Å². The second kappa shape index (κ2) is 10.0. The lowest BCUT2D eigenvalue weighted by Crippen LogP contribution is -2.54. The first-order valence-electron chi connectivity index (χ1n) is 11.6. The molecular weight excluding hydrogens is 444 g/mol. The van der Waals surface area contributed by atoms with E-state index in [0.717, 1.165) is 37.9 Å². The van der Waals surface area contributed by atoms with Gasteiger partial charge in [-0.1, -0.05) is 11.6 Å². The minimum Gasteiger partial charge on any atom is -0.496 e. The van der Waals surface area contributed by atoms with Crippen LogP contribution in [-0.2, 0) is 14.3 Å². The number of nitrogens with zero attached hydrogens (tertiary/aromatic N) is 1. The van der Waals surface area contributed by atoms with Crippen LogP contribution in [0.5, 0.6) is 0 Å². The predicted octanol–water partition coefficient (Wildman–Crippen LogP) is 2.76. The summed E-state index contributed by atoms with van der Waals surface area (Å²) >= 11 is 5.99. The van der Waals surface area contributed by atoms with E-state index in [1.165, 1.54) is 18.1 Å². The molecule has 1 aromatic rings. The van der Waals surface area contributed by atoms with Crippen LogP contribution in [0, 0.1) is 0 Å². The summed E-state index contributed by atoms with van der Waals surface area (Å²) < 4.78 is 5.89. The number of benzene rings is 1. The molecule has 2 heterocycles. The fourth-order valence-electron chi connectivity index (χ4n) is 4.55. The van der Waals surface area contributed by atoms with Gasteiger partial charge in [-0.3, -0.25) is 14.4 Å². The standard InChI is InChI=1S/C24H31ClN4O4/c1-14(27-22(30)16-7-9-19(26)18(25)12-16)24(32)29-11-3-6-20(29)23(31)28-17-8-10-21(33-13-17)15-4-2-5-15/h7,9,12,14,17,20H,2-6,8,10-11,13,26H2,1H3,(H,27,30)(H,28,31). The number of carbonyl (C=O) groups excluding carboxylic acids is 3. The highest BCUT2D eigenvalue weighted by Crippen LogP contribution is 2.33. The number of nitrogens with one attached hydrogen (secondary N) is 2. The molecule has 3 amide bonds. The van der Waals surface area contributed by atoms with Gasteiger partial charge in [0, 0.05) is 18.5 Å². The smallest absolute Gasteiger partial charge is 0.251 e. The van der Waals surface area contributed by atoms with Gasteiger partial charge in [0.25, 0.3) is 5.91 Å². The van der Waals surface area contributed by atoms with E-state index < -0.39 is 18.0 Å². The number of rotatable bonds is 5. The van der Waals surface area contributed by atoms with Crippen LogP contribution in [0.15, 0.2) is 29.5 Å². The summed E-state index contributed by atoms with van der Waals surface area (Å²) in [6.07, 6.45) is 6.55. The molecule has 9 heteroatoms. The van der Waals surface area contributed by atoms with Crippen LogP contribution in [-0.4, -0.2) is 53.9 Å². The monoisotopic (exact) mass is 474 g/mol. The molecular formula is C24H31ClN4O4. The zero-order valence-corrected chi connectivity index (χ0v) is 19.6. The summed E-state index contributed by atoms with van der Waals surface area (Å²) in [6.45, 7) is 2.58. The molecule has 3 unspecified atom stereocenters. The summed E-state index contributed by atoms with van der Waals surface area (Å²) in [7, 11) is 0. The molecule has 178 valence electrons. The Morgan fingerprint density at radius 3 is 2.61 bits per heavy atom. The molecule has 4 N–H and O–H groups in total. The summed E-state index contributed by atoms with van der Waals surface area (Å²) in [5.41, 5.74) is 7.80. The lowest BCUT2D eigenvalue weighted by molar-refractivity contribution is -0.140. The first-order chi connectivity index (χ1) is 15.8. The third-order valence-corrected chi connectivity index (χ3v) is 7.02. The number of nitrogen functional groups attached to an aromatic ring is 1. The minimum atomic E-state index is -0.781.